The van der Waals surface area contributed by atoms with E-state index in [2.05, 4.69) is 43.4 Å². The molecule has 1 aliphatic rings. The van der Waals surface area contributed by atoms with Gasteiger partial charge < -0.3 is 5.32 Å². The van der Waals surface area contributed by atoms with E-state index in [1.165, 1.54) is 36.9 Å². The predicted octanol–water partition coefficient (Wildman–Crippen LogP) is 4.41. The molecule has 0 bridgehead atoms. The maximum Gasteiger partial charge on any atom is 0.0375 e. The number of hydrogen-bond acceptors (Lipinski definition) is 1. The van der Waals surface area contributed by atoms with Gasteiger partial charge in [0.1, 0.15) is 0 Å². The summed E-state index contributed by atoms with van der Waals surface area (Å²) in [7, 11) is 0. The summed E-state index contributed by atoms with van der Waals surface area (Å²) in [5.41, 5.74) is 2.90. The van der Waals surface area contributed by atoms with Crippen molar-refractivity contribution in [2.45, 2.75) is 45.4 Å². The summed E-state index contributed by atoms with van der Waals surface area (Å²) in [5.74, 6) is 1.64. The average molecular weight is 217 g/mol. The Bertz CT molecular complexity index is 332. The SMILES string of the molecule is CCCC(C)CC1CCNc2ccccc21. The Kier molecular flexibility index (Phi) is 3.87. The molecule has 0 aliphatic carbocycles. The minimum absolute atomic E-state index is 0.777. The van der Waals surface area contributed by atoms with E-state index in [-0.39, 0.29) is 0 Å². The minimum atomic E-state index is 0.777. The maximum atomic E-state index is 3.50. The Morgan fingerprint density at radius 1 is 1.38 bits per heavy atom. The summed E-state index contributed by atoms with van der Waals surface area (Å²) in [6, 6.07) is 8.81. The molecule has 1 aromatic carbocycles. The van der Waals surface area contributed by atoms with Gasteiger partial charge in [0.2, 0.25) is 0 Å². The highest BCUT2D eigenvalue weighted by Gasteiger charge is 2.20. The molecule has 2 atom stereocenters. The normalized spacial score (nSPS) is 21.0. The standard InChI is InChI=1S/C15H23N/c1-3-6-12(2)11-13-9-10-16-15-8-5-4-7-14(13)15/h4-5,7-8,12-13,16H,3,6,9-11H2,1-2H3. The van der Waals surface area contributed by atoms with Crippen LogP contribution in [0.5, 0.6) is 0 Å². The van der Waals surface area contributed by atoms with Gasteiger partial charge in [0.25, 0.3) is 0 Å². The first kappa shape index (κ1) is 11.5. The van der Waals surface area contributed by atoms with Gasteiger partial charge in [-0.25, -0.2) is 0 Å². The Morgan fingerprint density at radius 2 is 2.19 bits per heavy atom. The zero-order valence-corrected chi connectivity index (χ0v) is 10.5. The lowest BCUT2D eigenvalue weighted by atomic mass is 9.83. The van der Waals surface area contributed by atoms with Gasteiger partial charge in [-0.2, -0.15) is 0 Å². The average Bonchev–Trinajstić information content (AvgIpc) is 2.30. The van der Waals surface area contributed by atoms with Gasteiger partial charge in [-0.05, 0) is 36.3 Å². The fourth-order valence-electron chi connectivity index (χ4n) is 2.89. The van der Waals surface area contributed by atoms with Crippen LogP contribution in [0, 0.1) is 5.92 Å². The van der Waals surface area contributed by atoms with Gasteiger partial charge in [-0.1, -0.05) is 44.9 Å². The van der Waals surface area contributed by atoms with Gasteiger partial charge in [-0.15, -0.1) is 0 Å². The molecule has 0 fully saturated rings. The van der Waals surface area contributed by atoms with Crippen LogP contribution < -0.4 is 5.32 Å². The molecule has 88 valence electrons. The number of anilines is 1. The van der Waals surface area contributed by atoms with Crippen molar-refractivity contribution >= 4 is 5.69 Å². The van der Waals surface area contributed by atoms with Crippen molar-refractivity contribution in [3.8, 4) is 0 Å². The van der Waals surface area contributed by atoms with Crippen molar-refractivity contribution < 1.29 is 0 Å². The van der Waals surface area contributed by atoms with Crippen molar-refractivity contribution in [3.05, 3.63) is 29.8 Å². The lowest BCUT2D eigenvalue weighted by molar-refractivity contribution is 0.421. The highest BCUT2D eigenvalue weighted by molar-refractivity contribution is 5.54. The van der Waals surface area contributed by atoms with E-state index in [1.807, 2.05) is 0 Å². The Morgan fingerprint density at radius 3 is 3.00 bits per heavy atom. The summed E-state index contributed by atoms with van der Waals surface area (Å²) in [6.45, 7) is 5.82. The fourth-order valence-corrected chi connectivity index (χ4v) is 2.89. The van der Waals surface area contributed by atoms with Crippen LogP contribution in [0.3, 0.4) is 0 Å². The van der Waals surface area contributed by atoms with Crippen molar-refractivity contribution in [3.63, 3.8) is 0 Å². The Labute approximate surface area is 99.3 Å². The monoisotopic (exact) mass is 217 g/mol. The lowest BCUT2D eigenvalue weighted by Crippen LogP contribution is -2.18. The van der Waals surface area contributed by atoms with E-state index in [9.17, 15) is 0 Å². The van der Waals surface area contributed by atoms with Crippen LogP contribution in [-0.2, 0) is 0 Å². The number of rotatable bonds is 4. The van der Waals surface area contributed by atoms with Gasteiger partial charge in [0, 0.05) is 12.2 Å². The van der Waals surface area contributed by atoms with E-state index < -0.39 is 0 Å². The lowest BCUT2D eigenvalue weighted by Gasteiger charge is -2.28. The van der Waals surface area contributed by atoms with Crippen LogP contribution in [0.15, 0.2) is 24.3 Å². The molecule has 2 unspecified atom stereocenters. The van der Waals surface area contributed by atoms with Crippen LogP contribution in [0.25, 0.3) is 0 Å². The molecule has 1 heterocycles. The molecule has 1 aliphatic heterocycles. The van der Waals surface area contributed by atoms with Crippen molar-refractivity contribution in [2.75, 3.05) is 11.9 Å². The molecule has 1 nitrogen and oxygen atoms in total. The molecule has 1 heteroatoms. The summed E-state index contributed by atoms with van der Waals surface area (Å²) < 4.78 is 0. The molecule has 16 heavy (non-hydrogen) atoms. The number of nitrogens with one attached hydrogen (secondary N) is 1. The van der Waals surface area contributed by atoms with Crippen LogP contribution in [-0.4, -0.2) is 6.54 Å². The molecular weight excluding hydrogens is 194 g/mol. The van der Waals surface area contributed by atoms with E-state index in [4.69, 9.17) is 0 Å². The summed E-state index contributed by atoms with van der Waals surface area (Å²) in [4.78, 5) is 0. The van der Waals surface area contributed by atoms with E-state index in [0.29, 0.717) is 0 Å². The second-order valence-electron chi connectivity index (χ2n) is 5.13. The molecule has 1 N–H and O–H groups in total. The Balaban J connectivity index is 2.07. The van der Waals surface area contributed by atoms with Crippen LogP contribution in [0.4, 0.5) is 5.69 Å². The summed E-state index contributed by atoms with van der Waals surface area (Å²) >= 11 is 0. The third-order valence-corrected chi connectivity index (χ3v) is 3.68. The van der Waals surface area contributed by atoms with Crippen molar-refractivity contribution in [2.24, 2.45) is 5.92 Å². The second-order valence-corrected chi connectivity index (χ2v) is 5.13. The molecular formula is C15H23N. The highest BCUT2D eigenvalue weighted by Crippen LogP contribution is 2.36. The smallest absolute Gasteiger partial charge is 0.0375 e. The summed E-state index contributed by atoms with van der Waals surface area (Å²) in [6.07, 6.45) is 5.33. The second kappa shape index (κ2) is 5.38. The number of para-hydroxylation sites is 1. The van der Waals surface area contributed by atoms with E-state index >= 15 is 0 Å². The zero-order valence-electron chi connectivity index (χ0n) is 10.5. The molecule has 0 saturated heterocycles. The van der Waals surface area contributed by atoms with E-state index in [0.717, 1.165) is 18.4 Å². The third-order valence-electron chi connectivity index (χ3n) is 3.68. The first-order valence-corrected chi connectivity index (χ1v) is 6.64. The molecule has 0 radical (unpaired) electrons. The van der Waals surface area contributed by atoms with Crippen molar-refractivity contribution in [1.29, 1.82) is 0 Å². The highest BCUT2D eigenvalue weighted by atomic mass is 14.9. The molecule has 0 saturated carbocycles. The number of benzene rings is 1. The topological polar surface area (TPSA) is 12.0 Å². The molecule has 0 aromatic heterocycles. The first-order valence-electron chi connectivity index (χ1n) is 6.64. The van der Waals surface area contributed by atoms with Crippen LogP contribution in [0.2, 0.25) is 0 Å². The molecule has 0 amide bonds. The summed E-state index contributed by atoms with van der Waals surface area (Å²) in [5, 5.41) is 3.50. The Hall–Kier alpha value is -0.980. The molecule has 2 rings (SSSR count). The van der Waals surface area contributed by atoms with Crippen LogP contribution >= 0.6 is 0 Å². The number of fused-ring (bicyclic) bond motifs is 1. The predicted molar refractivity (Wildman–Crippen MR) is 71.0 cm³/mol. The number of hydrogen-bond donors (Lipinski definition) is 1. The van der Waals surface area contributed by atoms with Gasteiger partial charge in [-0.3, -0.25) is 0 Å². The zero-order chi connectivity index (χ0) is 11.4. The minimum Gasteiger partial charge on any atom is -0.385 e. The van der Waals surface area contributed by atoms with E-state index in [1.54, 1.807) is 0 Å². The molecule has 0 spiro atoms. The third kappa shape index (κ3) is 2.58. The largest absolute Gasteiger partial charge is 0.385 e. The fraction of sp³-hybridized carbons (Fsp3) is 0.600. The van der Waals surface area contributed by atoms with Crippen molar-refractivity contribution in [1.82, 2.24) is 0 Å². The van der Waals surface area contributed by atoms with Gasteiger partial charge >= 0.3 is 0 Å². The first-order chi connectivity index (χ1) is 7.81. The van der Waals surface area contributed by atoms with Gasteiger partial charge in [0.15, 0.2) is 0 Å². The maximum absolute atomic E-state index is 3.50. The molecule has 1 aromatic rings. The van der Waals surface area contributed by atoms with Gasteiger partial charge in [0.05, 0.1) is 0 Å². The van der Waals surface area contributed by atoms with Crippen LogP contribution in [0.1, 0.15) is 51.0 Å². The quantitative estimate of drug-likeness (QED) is 0.787.